The number of rotatable bonds is 1. The second kappa shape index (κ2) is 2.33. The van der Waals surface area contributed by atoms with Crippen molar-refractivity contribution in [1.82, 2.24) is 0 Å². The normalized spacial score (nSPS) is 12.0. The molecule has 1 nitrogen and oxygen atoms in total. The van der Waals surface area contributed by atoms with E-state index in [1.807, 2.05) is 0 Å². The van der Waals surface area contributed by atoms with E-state index in [2.05, 4.69) is 19.6 Å². The monoisotopic (exact) mass is 210 g/mol. The average molecular weight is 209 g/mol. The van der Waals surface area contributed by atoms with Gasteiger partial charge < -0.3 is 0 Å². The van der Waals surface area contributed by atoms with E-state index < -0.39 is 8.32 Å². The fourth-order valence-corrected chi connectivity index (χ4v) is 0. The van der Waals surface area contributed by atoms with Crippen LogP contribution in [0.15, 0.2) is 0 Å². The van der Waals surface area contributed by atoms with Crippen LogP contribution in [-0.2, 0) is 2.76 Å². The molecule has 36 valence electrons. The van der Waals surface area contributed by atoms with Crippen molar-refractivity contribution in [2.45, 2.75) is 19.6 Å². The first kappa shape index (κ1) is 6.98. The molecule has 0 fully saturated rings. The SMILES string of the molecule is C[Si](C)(C)[O][SnH]. The van der Waals surface area contributed by atoms with Gasteiger partial charge in [0.2, 0.25) is 0 Å². The molecule has 0 rings (SSSR count). The molecule has 0 aliphatic carbocycles. The van der Waals surface area contributed by atoms with Crippen LogP contribution in [0.5, 0.6) is 0 Å². The molecule has 2 radical (unpaired) electrons. The first-order chi connectivity index (χ1) is 2.56. The van der Waals surface area contributed by atoms with Gasteiger partial charge in [-0.15, -0.1) is 0 Å². The summed E-state index contributed by atoms with van der Waals surface area (Å²) in [5, 5.41) is 0. The van der Waals surface area contributed by atoms with Crippen molar-refractivity contribution in [3.63, 3.8) is 0 Å². The molecule has 0 saturated heterocycles. The molecule has 3 heteroatoms. The van der Waals surface area contributed by atoms with E-state index in [0.717, 1.165) is 22.9 Å². The molecule has 0 bridgehead atoms. The van der Waals surface area contributed by atoms with Gasteiger partial charge in [0.15, 0.2) is 0 Å². The summed E-state index contributed by atoms with van der Waals surface area (Å²) in [6.45, 7) is 6.58. The molecule has 0 unspecified atom stereocenters. The Morgan fingerprint density at radius 1 is 1.33 bits per heavy atom. The van der Waals surface area contributed by atoms with E-state index in [-0.39, 0.29) is 0 Å². The molecule has 0 saturated carbocycles. The van der Waals surface area contributed by atoms with Crippen molar-refractivity contribution in [2.75, 3.05) is 0 Å². The fourth-order valence-electron chi connectivity index (χ4n) is 0. The standard InChI is InChI=1S/C3H9OSi.Sn.H/c1-5(2,3)4;;/h1-3H3;;/q-1;+1;. The number of hydrogen-bond donors (Lipinski definition) is 0. The van der Waals surface area contributed by atoms with Gasteiger partial charge in [-0.05, 0) is 0 Å². The van der Waals surface area contributed by atoms with E-state index in [1.54, 1.807) is 0 Å². The molecule has 0 aliphatic heterocycles. The summed E-state index contributed by atoms with van der Waals surface area (Å²) in [6, 6.07) is 0. The Bertz CT molecular complexity index is 40.5. The van der Waals surface area contributed by atoms with Gasteiger partial charge in [0, 0.05) is 0 Å². The molecule has 6 heavy (non-hydrogen) atoms. The summed E-state index contributed by atoms with van der Waals surface area (Å²) in [5.41, 5.74) is 0. The summed E-state index contributed by atoms with van der Waals surface area (Å²) >= 11 is 0.965. The van der Waals surface area contributed by atoms with Crippen molar-refractivity contribution in [2.24, 2.45) is 0 Å². The summed E-state index contributed by atoms with van der Waals surface area (Å²) in [5.74, 6) is 0. The Morgan fingerprint density at radius 3 is 1.50 bits per heavy atom. The zero-order valence-electron chi connectivity index (χ0n) is 4.49. The van der Waals surface area contributed by atoms with Crippen LogP contribution in [0.1, 0.15) is 0 Å². The van der Waals surface area contributed by atoms with Crippen LogP contribution in [0.4, 0.5) is 0 Å². The predicted molar refractivity (Wildman–Crippen MR) is 31.6 cm³/mol. The van der Waals surface area contributed by atoms with E-state index in [4.69, 9.17) is 2.76 Å². The van der Waals surface area contributed by atoms with Crippen LogP contribution in [-0.4, -0.2) is 31.3 Å². The topological polar surface area (TPSA) is 9.23 Å². The van der Waals surface area contributed by atoms with Gasteiger partial charge in [0.1, 0.15) is 0 Å². The van der Waals surface area contributed by atoms with Gasteiger partial charge in [0.05, 0.1) is 0 Å². The molecule has 0 amide bonds. The maximum atomic E-state index is 5.21. The van der Waals surface area contributed by atoms with Crippen molar-refractivity contribution < 1.29 is 2.76 Å². The molecular weight excluding hydrogens is 199 g/mol. The van der Waals surface area contributed by atoms with Gasteiger partial charge >= 0.3 is 53.7 Å². The zero-order chi connectivity index (χ0) is 5.21. The molecule has 0 aromatic heterocycles. The molecule has 0 aromatic rings. The van der Waals surface area contributed by atoms with E-state index in [9.17, 15) is 0 Å². The molecule has 0 aromatic carbocycles. The van der Waals surface area contributed by atoms with Crippen LogP contribution in [0.25, 0.3) is 0 Å². The van der Waals surface area contributed by atoms with Crippen LogP contribution in [0.2, 0.25) is 19.6 Å². The Labute approximate surface area is 53.8 Å². The van der Waals surface area contributed by atoms with Crippen LogP contribution >= 0.6 is 0 Å². The van der Waals surface area contributed by atoms with Crippen molar-refractivity contribution >= 4 is 31.3 Å². The van der Waals surface area contributed by atoms with Gasteiger partial charge in [-0.2, -0.15) is 0 Å². The first-order valence-electron chi connectivity index (χ1n) is 1.94. The summed E-state index contributed by atoms with van der Waals surface area (Å²) in [4.78, 5) is 0. The van der Waals surface area contributed by atoms with Crippen molar-refractivity contribution in [1.29, 1.82) is 0 Å². The summed E-state index contributed by atoms with van der Waals surface area (Å²) in [6.07, 6.45) is 0. The Hall–Kier alpha value is 0.976. The average Bonchev–Trinajstić information content (AvgIpc) is 1.35. The molecular formula is C3H10OSiSn. The minimum atomic E-state index is -1.07. The summed E-state index contributed by atoms with van der Waals surface area (Å²) < 4.78 is 5.21. The number of hydrogen-bond acceptors (Lipinski definition) is 1. The second-order valence-electron chi connectivity index (χ2n) is 2.23. The van der Waals surface area contributed by atoms with E-state index in [0.29, 0.717) is 0 Å². The Balaban J connectivity index is 3.17. The third-order valence-electron chi connectivity index (χ3n) is 0.354. The van der Waals surface area contributed by atoms with Gasteiger partial charge in [-0.3, -0.25) is 0 Å². The predicted octanol–water partition coefficient (Wildman–Crippen LogP) is 0.654. The third-order valence-corrected chi connectivity index (χ3v) is 7.12. The molecule has 0 atom stereocenters. The first-order valence-corrected chi connectivity index (χ1v) is 6.69. The molecule has 0 N–H and O–H groups in total. The third kappa shape index (κ3) is 4.98. The quantitative estimate of drug-likeness (QED) is 0.576. The second-order valence-corrected chi connectivity index (χ2v) is 8.71. The van der Waals surface area contributed by atoms with Gasteiger partial charge in [-0.25, -0.2) is 0 Å². The zero-order valence-corrected chi connectivity index (χ0v) is 8.78. The Morgan fingerprint density at radius 2 is 1.50 bits per heavy atom. The van der Waals surface area contributed by atoms with Crippen molar-refractivity contribution in [3.8, 4) is 0 Å². The summed E-state index contributed by atoms with van der Waals surface area (Å²) in [7, 11) is -1.07. The van der Waals surface area contributed by atoms with Crippen molar-refractivity contribution in [3.05, 3.63) is 0 Å². The maximum absolute atomic E-state index is 5.21. The minimum absolute atomic E-state index is 0.965. The van der Waals surface area contributed by atoms with Crippen LogP contribution < -0.4 is 0 Å². The van der Waals surface area contributed by atoms with E-state index >= 15 is 0 Å². The molecule has 0 heterocycles. The molecule has 0 aliphatic rings. The van der Waals surface area contributed by atoms with E-state index in [1.165, 1.54) is 0 Å². The van der Waals surface area contributed by atoms with Gasteiger partial charge in [-0.1, -0.05) is 0 Å². The van der Waals surface area contributed by atoms with Crippen LogP contribution in [0.3, 0.4) is 0 Å². The Kier molecular flexibility index (Phi) is 2.70. The van der Waals surface area contributed by atoms with Crippen LogP contribution in [0, 0.1) is 0 Å². The molecule has 0 spiro atoms. The van der Waals surface area contributed by atoms with Gasteiger partial charge in [0.25, 0.3) is 0 Å². The fraction of sp³-hybridized carbons (Fsp3) is 1.00.